The zero-order chi connectivity index (χ0) is 15.6. The lowest BCUT2D eigenvalue weighted by atomic mass is 9.98. The van der Waals surface area contributed by atoms with Gasteiger partial charge in [0.15, 0.2) is 0 Å². The smallest absolute Gasteiger partial charge is 0.414 e. The van der Waals surface area contributed by atoms with Crippen LogP contribution in [-0.2, 0) is 11.2 Å². The first-order valence-electron chi connectivity index (χ1n) is 7.14. The van der Waals surface area contributed by atoms with Gasteiger partial charge in [0, 0.05) is 6.54 Å². The molecular formula is C16H22N2O3. The molecule has 5 heteroatoms. The van der Waals surface area contributed by atoms with E-state index < -0.39 is 5.60 Å². The number of aryl methyl sites for hydroxylation is 1. The van der Waals surface area contributed by atoms with Crippen molar-refractivity contribution in [2.24, 2.45) is 5.16 Å². The maximum atomic E-state index is 12.3. The van der Waals surface area contributed by atoms with Crippen LogP contribution >= 0.6 is 0 Å². The molecule has 0 atom stereocenters. The number of fused-ring (bicyclic) bond motifs is 1. The number of rotatable bonds is 1. The van der Waals surface area contributed by atoms with Gasteiger partial charge in [-0.15, -0.1) is 0 Å². The average molecular weight is 290 g/mol. The van der Waals surface area contributed by atoms with E-state index >= 15 is 0 Å². The Bertz CT molecular complexity index is 573. The van der Waals surface area contributed by atoms with Crippen molar-refractivity contribution in [3.05, 3.63) is 29.3 Å². The zero-order valence-electron chi connectivity index (χ0n) is 13.0. The Balaban J connectivity index is 2.30. The van der Waals surface area contributed by atoms with E-state index in [1.54, 1.807) is 11.8 Å². The minimum Gasteiger partial charge on any atom is -0.443 e. The normalized spacial score (nSPS) is 15.6. The minimum absolute atomic E-state index is 0.316. The van der Waals surface area contributed by atoms with Crippen molar-refractivity contribution >= 4 is 17.5 Å². The number of nitrogens with zero attached hydrogens (tertiary/aromatic N) is 2. The molecule has 1 heterocycles. The molecule has 0 bridgehead atoms. The molecule has 0 radical (unpaired) electrons. The van der Waals surface area contributed by atoms with Crippen molar-refractivity contribution < 1.29 is 14.7 Å². The second-order valence-corrected chi connectivity index (χ2v) is 6.26. The summed E-state index contributed by atoms with van der Waals surface area (Å²) in [6, 6.07) is 5.72. The van der Waals surface area contributed by atoms with E-state index in [1.807, 2.05) is 39.0 Å². The van der Waals surface area contributed by atoms with Gasteiger partial charge in [-0.3, -0.25) is 4.90 Å². The van der Waals surface area contributed by atoms with Crippen LogP contribution in [0.5, 0.6) is 0 Å². The number of ether oxygens (including phenoxy) is 1. The first-order chi connectivity index (χ1) is 9.81. The highest BCUT2D eigenvalue weighted by atomic mass is 16.6. The van der Waals surface area contributed by atoms with Gasteiger partial charge in [-0.05, 0) is 63.8 Å². The van der Waals surface area contributed by atoms with E-state index in [0.29, 0.717) is 12.3 Å². The largest absolute Gasteiger partial charge is 0.443 e. The molecule has 5 nitrogen and oxygen atoms in total. The molecule has 1 N–H and O–H groups in total. The Morgan fingerprint density at radius 1 is 1.38 bits per heavy atom. The highest BCUT2D eigenvalue weighted by Crippen LogP contribution is 2.29. The van der Waals surface area contributed by atoms with E-state index in [9.17, 15) is 4.79 Å². The topological polar surface area (TPSA) is 62.1 Å². The van der Waals surface area contributed by atoms with Gasteiger partial charge in [0.1, 0.15) is 5.60 Å². The number of benzene rings is 1. The van der Waals surface area contributed by atoms with Crippen LogP contribution in [0.1, 0.15) is 45.2 Å². The highest BCUT2D eigenvalue weighted by molar-refractivity contribution is 5.99. The molecule has 1 aliphatic rings. The Hall–Kier alpha value is -2.04. The lowest BCUT2D eigenvalue weighted by molar-refractivity contribution is 0.0578. The summed E-state index contributed by atoms with van der Waals surface area (Å²) in [4.78, 5) is 14.0. The fourth-order valence-corrected chi connectivity index (χ4v) is 2.39. The first-order valence-corrected chi connectivity index (χ1v) is 7.14. The van der Waals surface area contributed by atoms with Crippen LogP contribution in [0.3, 0.4) is 0 Å². The SMILES string of the molecule is C/C(=N/O)c1ccc2c(c1)CCCN2C(=O)OC(C)(C)C. The number of amides is 1. The summed E-state index contributed by atoms with van der Waals surface area (Å²) in [7, 11) is 0. The molecule has 1 amide bonds. The Kier molecular flexibility index (Phi) is 4.21. The van der Waals surface area contributed by atoms with Crippen molar-refractivity contribution in [1.29, 1.82) is 0 Å². The maximum Gasteiger partial charge on any atom is 0.414 e. The highest BCUT2D eigenvalue weighted by Gasteiger charge is 2.27. The molecule has 0 fully saturated rings. The van der Waals surface area contributed by atoms with Gasteiger partial charge in [-0.1, -0.05) is 11.2 Å². The van der Waals surface area contributed by atoms with Crippen LogP contribution in [0.15, 0.2) is 23.4 Å². The van der Waals surface area contributed by atoms with Crippen LogP contribution in [-0.4, -0.2) is 29.2 Å². The average Bonchev–Trinajstić information content (AvgIpc) is 2.43. The third kappa shape index (κ3) is 3.54. The maximum absolute atomic E-state index is 12.3. The van der Waals surface area contributed by atoms with Crippen LogP contribution in [0, 0.1) is 0 Å². The molecule has 2 rings (SSSR count). The second kappa shape index (κ2) is 5.76. The molecule has 1 aromatic rings. The molecule has 0 unspecified atom stereocenters. The van der Waals surface area contributed by atoms with Gasteiger partial charge in [0.05, 0.1) is 11.4 Å². The summed E-state index contributed by atoms with van der Waals surface area (Å²) in [6.07, 6.45) is 1.48. The first kappa shape index (κ1) is 15.4. The fraction of sp³-hybridized carbons (Fsp3) is 0.500. The van der Waals surface area contributed by atoms with Gasteiger partial charge in [0.25, 0.3) is 0 Å². The monoisotopic (exact) mass is 290 g/mol. The van der Waals surface area contributed by atoms with Gasteiger partial charge in [0.2, 0.25) is 0 Å². The molecule has 0 aromatic heterocycles. The molecule has 1 aliphatic heterocycles. The van der Waals surface area contributed by atoms with Crippen LogP contribution in [0.25, 0.3) is 0 Å². The third-order valence-corrected chi connectivity index (χ3v) is 3.38. The lowest BCUT2D eigenvalue weighted by Crippen LogP contribution is -2.39. The van der Waals surface area contributed by atoms with Gasteiger partial charge in [-0.2, -0.15) is 0 Å². The number of carbonyl (C=O) groups is 1. The van der Waals surface area contributed by atoms with Crippen molar-refractivity contribution in [3.63, 3.8) is 0 Å². The summed E-state index contributed by atoms with van der Waals surface area (Å²) < 4.78 is 5.46. The number of hydrogen-bond donors (Lipinski definition) is 1. The quantitative estimate of drug-likeness (QED) is 0.488. The standard InChI is InChI=1S/C16H22N2O3/c1-11(17-20)12-7-8-14-13(10-12)6-5-9-18(14)15(19)21-16(2,3)4/h7-8,10,20H,5-6,9H2,1-4H3/b17-11-. The Morgan fingerprint density at radius 2 is 2.10 bits per heavy atom. The molecule has 1 aromatic carbocycles. The van der Waals surface area contributed by atoms with Crippen molar-refractivity contribution in [2.45, 2.75) is 46.1 Å². The van der Waals surface area contributed by atoms with E-state index in [0.717, 1.165) is 29.7 Å². The number of oxime groups is 1. The predicted molar refractivity (Wildman–Crippen MR) is 82.3 cm³/mol. The van der Waals surface area contributed by atoms with Gasteiger partial charge in [-0.25, -0.2) is 4.79 Å². The lowest BCUT2D eigenvalue weighted by Gasteiger charge is -2.31. The molecule has 0 aliphatic carbocycles. The van der Waals surface area contributed by atoms with E-state index in [1.165, 1.54) is 0 Å². The molecule has 0 saturated heterocycles. The summed E-state index contributed by atoms with van der Waals surface area (Å²) in [6.45, 7) is 7.99. The molecule has 0 saturated carbocycles. The number of carbonyl (C=O) groups excluding carboxylic acids is 1. The summed E-state index contributed by atoms with van der Waals surface area (Å²) in [5, 5.41) is 12.1. The number of hydrogen-bond acceptors (Lipinski definition) is 4. The van der Waals surface area contributed by atoms with Gasteiger partial charge >= 0.3 is 6.09 Å². The van der Waals surface area contributed by atoms with Crippen LogP contribution < -0.4 is 4.90 Å². The molecule has 114 valence electrons. The van der Waals surface area contributed by atoms with Crippen LogP contribution in [0.2, 0.25) is 0 Å². The third-order valence-electron chi connectivity index (χ3n) is 3.38. The van der Waals surface area contributed by atoms with E-state index in [-0.39, 0.29) is 6.09 Å². The zero-order valence-corrected chi connectivity index (χ0v) is 13.0. The van der Waals surface area contributed by atoms with E-state index in [4.69, 9.17) is 9.94 Å². The fourth-order valence-electron chi connectivity index (χ4n) is 2.39. The Labute approximate surface area is 125 Å². The predicted octanol–water partition coefficient (Wildman–Crippen LogP) is 3.57. The van der Waals surface area contributed by atoms with Crippen LogP contribution in [0.4, 0.5) is 10.5 Å². The molecule has 21 heavy (non-hydrogen) atoms. The summed E-state index contributed by atoms with van der Waals surface area (Å²) >= 11 is 0. The van der Waals surface area contributed by atoms with Crippen molar-refractivity contribution in [2.75, 3.05) is 11.4 Å². The summed E-state index contributed by atoms with van der Waals surface area (Å²) in [5.41, 5.74) is 2.88. The van der Waals surface area contributed by atoms with E-state index in [2.05, 4.69) is 5.16 Å². The second-order valence-electron chi connectivity index (χ2n) is 6.26. The Morgan fingerprint density at radius 3 is 2.71 bits per heavy atom. The minimum atomic E-state index is -0.505. The molecular weight excluding hydrogens is 268 g/mol. The van der Waals surface area contributed by atoms with Crippen molar-refractivity contribution in [1.82, 2.24) is 0 Å². The van der Waals surface area contributed by atoms with Gasteiger partial charge < -0.3 is 9.94 Å². The molecule has 0 spiro atoms. The summed E-state index contributed by atoms with van der Waals surface area (Å²) in [5.74, 6) is 0. The van der Waals surface area contributed by atoms with Crippen molar-refractivity contribution in [3.8, 4) is 0 Å². The number of anilines is 1.